The summed E-state index contributed by atoms with van der Waals surface area (Å²) in [6.45, 7) is 6.79. The number of hydrogen-bond donors (Lipinski definition) is 1. The van der Waals surface area contributed by atoms with Crippen molar-refractivity contribution in [2.45, 2.75) is 40.0 Å². The summed E-state index contributed by atoms with van der Waals surface area (Å²) in [5, 5.41) is 8.04. The summed E-state index contributed by atoms with van der Waals surface area (Å²) in [5.41, 5.74) is 4.16. The maximum Gasteiger partial charge on any atom is 0.261 e. The number of rotatable bonds is 7. The lowest BCUT2D eigenvalue weighted by Crippen LogP contribution is -2.36. The molecule has 3 aromatic rings. The van der Waals surface area contributed by atoms with Gasteiger partial charge in [-0.15, -0.1) is 0 Å². The van der Waals surface area contributed by atoms with Gasteiger partial charge in [0.05, 0.1) is 17.3 Å². The molecule has 0 aliphatic rings. The van der Waals surface area contributed by atoms with E-state index in [-0.39, 0.29) is 5.91 Å². The van der Waals surface area contributed by atoms with E-state index in [0.717, 1.165) is 17.0 Å². The molecule has 0 aliphatic heterocycles. The van der Waals surface area contributed by atoms with Crippen molar-refractivity contribution in [2.75, 3.05) is 0 Å². The topological polar surface area (TPSA) is 56.2 Å². The lowest BCUT2D eigenvalue weighted by molar-refractivity contribution is -0.127. The molecule has 1 aromatic heterocycles. The molecule has 0 radical (unpaired) electrons. The zero-order chi connectivity index (χ0) is 20.1. The summed E-state index contributed by atoms with van der Waals surface area (Å²) >= 11 is 6.09. The van der Waals surface area contributed by atoms with Crippen molar-refractivity contribution in [1.29, 1.82) is 0 Å². The monoisotopic (exact) mass is 397 g/mol. The zero-order valence-electron chi connectivity index (χ0n) is 16.3. The minimum absolute atomic E-state index is 0.200. The Bertz CT molecular complexity index is 954. The van der Waals surface area contributed by atoms with Crippen LogP contribution in [0.25, 0.3) is 0 Å². The van der Waals surface area contributed by atoms with Crippen LogP contribution in [-0.2, 0) is 17.9 Å². The largest absolute Gasteiger partial charge is 0.479 e. The fraction of sp³-hybridized carbons (Fsp3) is 0.273. The number of carbonyl (C=O) groups excluding carboxylic acids is 1. The SMILES string of the molecule is Cc1nn(Cc2ccccc2)c(C)c1CNC(=O)[C@H](C)Oc1ccccc1Cl. The van der Waals surface area contributed by atoms with E-state index in [1.54, 1.807) is 19.1 Å². The average molecular weight is 398 g/mol. The first kappa shape index (κ1) is 20.0. The van der Waals surface area contributed by atoms with Gasteiger partial charge in [-0.05, 0) is 38.5 Å². The molecular weight excluding hydrogens is 374 g/mol. The third kappa shape index (κ3) is 4.73. The fourth-order valence-electron chi connectivity index (χ4n) is 3.00. The summed E-state index contributed by atoms with van der Waals surface area (Å²) in [4.78, 5) is 12.4. The lowest BCUT2D eigenvalue weighted by Gasteiger charge is -2.15. The maximum absolute atomic E-state index is 12.4. The van der Waals surface area contributed by atoms with Gasteiger partial charge in [0.2, 0.25) is 0 Å². The number of carbonyl (C=O) groups is 1. The first-order chi connectivity index (χ1) is 13.5. The standard InChI is InChI=1S/C22H24ClN3O2/c1-15-19(16(2)26(25-15)14-18-9-5-4-6-10-18)13-24-22(27)17(3)28-21-12-8-7-11-20(21)23/h4-12,17H,13-14H2,1-3H3,(H,24,27)/t17-/m0/s1. The Kier molecular flexibility index (Phi) is 6.37. The molecule has 28 heavy (non-hydrogen) atoms. The van der Waals surface area contributed by atoms with E-state index in [4.69, 9.17) is 16.3 Å². The van der Waals surface area contributed by atoms with Gasteiger partial charge in [-0.1, -0.05) is 54.1 Å². The maximum atomic E-state index is 12.4. The molecular formula is C22H24ClN3O2. The van der Waals surface area contributed by atoms with Gasteiger partial charge in [0.15, 0.2) is 6.10 Å². The Balaban J connectivity index is 1.62. The summed E-state index contributed by atoms with van der Waals surface area (Å²) in [5.74, 6) is 0.296. The number of nitrogens with zero attached hydrogens (tertiary/aromatic N) is 2. The summed E-state index contributed by atoms with van der Waals surface area (Å²) in [7, 11) is 0. The average Bonchev–Trinajstić information content (AvgIpc) is 2.95. The number of ether oxygens (including phenoxy) is 1. The van der Waals surface area contributed by atoms with Gasteiger partial charge in [-0.2, -0.15) is 5.10 Å². The van der Waals surface area contributed by atoms with Crippen molar-refractivity contribution in [3.05, 3.63) is 82.1 Å². The molecule has 2 aromatic carbocycles. The van der Waals surface area contributed by atoms with Crippen molar-refractivity contribution in [3.8, 4) is 5.75 Å². The molecule has 5 nitrogen and oxygen atoms in total. The third-order valence-corrected chi connectivity index (χ3v) is 4.97. The third-order valence-electron chi connectivity index (χ3n) is 4.66. The van der Waals surface area contributed by atoms with Crippen LogP contribution in [0.5, 0.6) is 5.75 Å². The molecule has 6 heteroatoms. The van der Waals surface area contributed by atoms with Crippen LogP contribution in [0.3, 0.4) is 0 Å². The predicted octanol–water partition coefficient (Wildman–Crippen LogP) is 4.29. The Morgan fingerprint density at radius 3 is 2.54 bits per heavy atom. The molecule has 1 N–H and O–H groups in total. The lowest BCUT2D eigenvalue weighted by atomic mass is 10.2. The molecule has 1 atom stereocenters. The van der Waals surface area contributed by atoms with Crippen LogP contribution in [0.1, 0.15) is 29.4 Å². The van der Waals surface area contributed by atoms with Gasteiger partial charge in [0.1, 0.15) is 5.75 Å². The number of nitrogens with one attached hydrogen (secondary N) is 1. The first-order valence-corrected chi connectivity index (χ1v) is 9.59. The Morgan fingerprint density at radius 2 is 1.82 bits per heavy atom. The van der Waals surface area contributed by atoms with E-state index in [2.05, 4.69) is 22.5 Å². The minimum atomic E-state index is -0.653. The minimum Gasteiger partial charge on any atom is -0.479 e. The predicted molar refractivity (Wildman–Crippen MR) is 111 cm³/mol. The van der Waals surface area contributed by atoms with Crippen molar-refractivity contribution in [2.24, 2.45) is 0 Å². The van der Waals surface area contributed by atoms with Gasteiger partial charge in [-0.25, -0.2) is 0 Å². The van der Waals surface area contributed by atoms with Crippen molar-refractivity contribution < 1.29 is 9.53 Å². The number of benzene rings is 2. The number of amides is 1. The fourth-order valence-corrected chi connectivity index (χ4v) is 3.18. The van der Waals surface area contributed by atoms with Gasteiger partial charge >= 0.3 is 0 Å². The van der Waals surface area contributed by atoms with E-state index >= 15 is 0 Å². The van der Waals surface area contributed by atoms with Crippen LogP contribution in [-0.4, -0.2) is 21.8 Å². The van der Waals surface area contributed by atoms with Crippen LogP contribution in [0.4, 0.5) is 0 Å². The van der Waals surface area contributed by atoms with Gasteiger partial charge in [-0.3, -0.25) is 9.48 Å². The number of hydrogen-bond acceptors (Lipinski definition) is 3. The number of halogens is 1. The van der Waals surface area contributed by atoms with Crippen LogP contribution in [0.2, 0.25) is 5.02 Å². The second-order valence-corrected chi connectivity index (χ2v) is 7.11. The quantitative estimate of drug-likeness (QED) is 0.647. The molecule has 0 unspecified atom stereocenters. The van der Waals surface area contributed by atoms with Crippen LogP contribution in [0, 0.1) is 13.8 Å². The molecule has 0 aliphatic carbocycles. The molecule has 3 rings (SSSR count). The van der Waals surface area contributed by atoms with E-state index in [1.165, 1.54) is 5.56 Å². The number of para-hydroxylation sites is 1. The van der Waals surface area contributed by atoms with Crippen molar-refractivity contribution in [3.63, 3.8) is 0 Å². The van der Waals surface area contributed by atoms with E-state index in [9.17, 15) is 4.79 Å². The molecule has 0 spiro atoms. The molecule has 0 bridgehead atoms. The second kappa shape index (κ2) is 8.93. The molecule has 1 heterocycles. The highest BCUT2D eigenvalue weighted by Crippen LogP contribution is 2.24. The molecule has 146 valence electrons. The van der Waals surface area contributed by atoms with Crippen molar-refractivity contribution >= 4 is 17.5 Å². The molecule has 0 saturated carbocycles. The van der Waals surface area contributed by atoms with Gasteiger partial charge < -0.3 is 10.1 Å². The van der Waals surface area contributed by atoms with Gasteiger partial charge in [0, 0.05) is 17.8 Å². The highest BCUT2D eigenvalue weighted by Gasteiger charge is 2.18. The zero-order valence-corrected chi connectivity index (χ0v) is 17.0. The van der Waals surface area contributed by atoms with Crippen LogP contribution >= 0.6 is 11.6 Å². The Morgan fingerprint density at radius 1 is 1.14 bits per heavy atom. The smallest absolute Gasteiger partial charge is 0.261 e. The van der Waals surface area contributed by atoms with Crippen LogP contribution < -0.4 is 10.1 Å². The van der Waals surface area contributed by atoms with Crippen molar-refractivity contribution in [1.82, 2.24) is 15.1 Å². The Hall–Kier alpha value is -2.79. The molecule has 1 amide bonds. The summed E-state index contributed by atoms with van der Waals surface area (Å²) < 4.78 is 7.64. The highest BCUT2D eigenvalue weighted by atomic mass is 35.5. The number of aromatic nitrogens is 2. The second-order valence-electron chi connectivity index (χ2n) is 6.70. The first-order valence-electron chi connectivity index (χ1n) is 9.21. The highest BCUT2D eigenvalue weighted by molar-refractivity contribution is 6.32. The number of aryl methyl sites for hydroxylation is 1. The van der Waals surface area contributed by atoms with E-state index in [0.29, 0.717) is 23.9 Å². The van der Waals surface area contributed by atoms with E-state index in [1.807, 2.05) is 48.9 Å². The van der Waals surface area contributed by atoms with Gasteiger partial charge in [0.25, 0.3) is 5.91 Å². The molecule has 0 saturated heterocycles. The summed E-state index contributed by atoms with van der Waals surface area (Å²) in [6.07, 6.45) is -0.653. The molecule has 0 fully saturated rings. The Labute approximate surface area is 170 Å². The van der Waals surface area contributed by atoms with Crippen LogP contribution in [0.15, 0.2) is 54.6 Å². The normalized spacial score (nSPS) is 11.9. The summed E-state index contributed by atoms with van der Waals surface area (Å²) in [6, 6.07) is 17.3. The van der Waals surface area contributed by atoms with E-state index < -0.39 is 6.10 Å².